The zero-order valence-corrected chi connectivity index (χ0v) is 9.33. The first-order chi connectivity index (χ1) is 7.58. The highest BCUT2D eigenvalue weighted by molar-refractivity contribution is 6.28. The fraction of sp³-hybridized carbons (Fsp3) is 0.167. The van der Waals surface area contributed by atoms with Crippen molar-refractivity contribution in [2.45, 2.75) is 13.0 Å². The van der Waals surface area contributed by atoms with Gasteiger partial charge in [-0.2, -0.15) is 0 Å². The summed E-state index contributed by atoms with van der Waals surface area (Å²) in [6.07, 6.45) is -0.998. The van der Waals surface area contributed by atoms with Crippen molar-refractivity contribution in [2.75, 3.05) is 0 Å². The Kier molecular flexibility index (Phi) is 2.99. The molecule has 0 aliphatic rings. The Labute approximate surface area is 97.3 Å². The van der Waals surface area contributed by atoms with Crippen molar-refractivity contribution < 1.29 is 13.9 Å². The van der Waals surface area contributed by atoms with Crippen LogP contribution in [0, 0.1) is 12.7 Å². The Bertz CT molecular complexity index is 507. The highest BCUT2D eigenvalue weighted by Crippen LogP contribution is 2.26. The molecule has 0 fully saturated rings. The van der Waals surface area contributed by atoms with Crippen LogP contribution < -0.4 is 0 Å². The Morgan fingerprint density at radius 2 is 2.06 bits per heavy atom. The van der Waals surface area contributed by atoms with Crippen LogP contribution in [0.2, 0.25) is 5.22 Å². The topological polar surface area (TPSA) is 33.4 Å². The van der Waals surface area contributed by atoms with E-state index in [2.05, 4.69) is 0 Å². The third-order valence-corrected chi connectivity index (χ3v) is 2.58. The van der Waals surface area contributed by atoms with Gasteiger partial charge in [0.1, 0.15) is 17.7 Å². The third kappa shape index (κ3) is 2.10. The van der Waals surface area contributed by atoms with Crippen LogP contribution in [-0.4, -0.2) is 5.11 Å². The predicted molar refractivity (Wildman–Crippen MR) is 58.9 cm³/mol. The number of furan rings is 1. The predicted octanol–water partition coefficient (Wildman–Crippen LogP) is 3.46. The van der Waals surface area contributed by atoms with Gasteiger partial charge in [-0.15, -0.1) is 0 Å². The molecule has 0 saturated carbocycles. The second-order valence-electron chi connectivity index (χ2n) is 3.55. The fourth-order valence-corrected chi connectivity index (χ4v) is 1.57. The van der Waals surface area contributed by atoms with Gasteiger partial charge >= 0.3 is 0 Å². The van der Waals surface area contributed by atoms with Gasteiger partial charge in [-0.3, -0.25) is 0 Å². The lowest BCUT2D eigenvalue weighted by Crippen LogP contribution is -1.99. The van der Waals surface area contributed by atoms with Crippen molar-refractivity contribution in [1.82, 2.24) is 0 Å². The molecule has 16 heavy (non-hydrogen) atoms. The van der Waals surface area contributed by atoms with Crippen molar-refractivity contribution >= 4 is 11.6 Å². The van der Waals surface area contributed by atoms with E-state index in [1.165, 1.54) is 12.1 Å². The van der Waals surface area contributed by atoms with Crippen LogP contribution in [0.25, 0.3) is 0 Å². The number of benzene rings is 1. The molecular formula is C12H10ClFO2. The fourth-order valence-electron chi connectivity index (χ4n) is 1.42. The molecule has 2 nitrogen and oxygen atoms in total. The molecule has 1 heterocycles. The summed E-state index contributed by atoms with van der Waals surface area (Å²) in [6, 6.07) is 7.64. The van der Waals surface area contributed by atoms with Gasteiger partial charge in [0.25, 0.3) is 0 Å². The average molecular weight is 241 g/mol. The molecule has 0 aliphatic carbocycles. The molecule has 0 spiro atoms. The maximum absolute atomic E-state index is 13.3. The average Bonchev–Trinajstić information content (AvgIpc) is 2.68. The summed E-state index contributed by atoms with van der Waals surface area (Å²) in [5.74, 6) is -0.0533. The standard InChI is InChI=1S/C12H10ClFO2/c1-7-2-3-8(6-9(7)14)12(15)10-4-5-11(13)16-10/h2-6,12,15H,1H3. The lowest BCUT2D eigenvalue weighted by atomic mass is 10.1. The van der Waals surface area contributed by atoms with E-state index < -0.39 is 6.10 Å². The Morgan fingerprint density at radius 3 is 2.62 bits per heavy atom. The number of rotatable bonds is 2. The number of hydrogen-bond donors (Lipinski definition) is 1. The van der Waals surface area contributed by atoms with E-state index in [4.69, 9.17) is 16.0 Å². The largest absolute Gasteiger partial charge is 0.447 e. The first-order valence-corrected chi connectivity index (χ1v) is 5.15. The van der Waals surface area contributed by atoms with Gasteiger partial charge in [0.2, 0.25) is 0 Å². The molecule has 0 radical (unpaired) electrons. The van der Waals surface area contributed by atoms with E-state index in [-0.39, 0.29) is 11.0 Å². The number of hydrogen-bond acceptors (Lipinski definition) is 2. The summed E-state index contributed by atoms with van der Waals surface area (Å²) >= 11 is 5.60. The Balaban J connectivity index is 2.33. The lowest BCUT2D eigenvalue weighted by Gasteiger charge is -2.08. The maximum atomic E-state index is 13.3. The molecule has 1 atom stereocenters. The molecular weight excluding hydrogens is 231 g/mol. The zero-order chi connectivity index (χ0) is 11.7. The Morgan fingerprint density at radius 1 is 1.31 bits per heavy atom. The summed E-state index contributed by atoms with van der Waals surface area (Å²) in [7, 11) is 0. The van der Waals surface area contributed by atoms with Crippen molar-refractivity contribution in [3.8, 4) is 0 Å². The summed E-state index contributed by atoms with van der Waals surface area (Å²) in [4.78, 5) is 0. The molecule has 1 unspecified atom stereocenters. The van der Waals surface area contributed by atoms with Crippen LogP contribution in [0.1, 0.15) is 23.0 Å². The molecule has 1 aromatic heterocycles. The molecule has 2 aromatic rings. The zero-order valence-electron chi connectivity index (χ0n) is 8.58. The number of halogens is 2. The molecule has 2 rings (SSSR count). The van der Waals surface area contributed by atoms with Gasteiger partial charge in [-0.25, -0.2) is 4.39 Å². The van der Waals surface area contributed by atoms with E-state index in [0.717, 1.165) is 0 Å². The first-order valence-electron chi connectivity index (χ1n) is 4.77. The van der Waals surface area contributed by atoms with Crippen LogP contribution in [0.3, 0.4) is 0 Å². The maximum Gasteiger partial charge on any atom is 0.193 e. The SMILES string of the molecule is Cc1ccc(C(O)c2ccc(Cl)o2)cc1F. The first kappa shape index (κ1) is 11.2. The van der Waals surface area contributed by atoms with Crippen LogP contribution in [0.5, 0.6) is 0 Å². The minimum absolute atomic E-state index is 0.196. The van der Waals surface area contributed by atoms with E-state index in [1.54, 1.807) is 25.1 Å². The summed E-state index contributed by atoms with van der Waals surface area (Å²) in [5, 5.41) is 10.1. The molecule has 4 heteroatoms. The number of aryl methyl sites for hydroxylation is 1. The van der Waals surface area contributed by atoms with Crippen molar-refractivity contribution in [1.29, 1.82) is 0 Å². The minimum Gasteiger partial charge on any atom is -0.447 e. The highest BCUT2D eigenvalue weighted by atomic mass is 35.5. The van der Waals surface area contributed by atoms with Crippen LogP contribution in [-0.2, 0) is 0 Å². The molecule has 84 valence electrons. The minimum atomic E-state index is -0.998. The second kappa shape index (κ2) is 4.28. The highest BCUT2D eigenvalue weighted by Gasteiger charge is 2.15. The Hall–Kier alpha value is -1.32. The molecule has 0 bridgehead atoms. The van der Waals surface area contributed by atoms with E-state index in [1.807, 2.05) is 0 Å². The third-order valence-electron chi connectivity index (χ3n) is 2.38. The van der Waals surface area contributed by atoms with Crippen molar-refractivity contribution in [3.05, 3.63) is 58.3 Å². The van der Waals surface area contributed by atoms with Crippen LogP contribution >= 0.6 is 11.6 Å². The summed E-state index contributed by atoms with van der Waals surface area (Å²) in [6.45, 7) is 1.66. The summed E-state index contributed by atoms with van der Waals surface area (Å²) in [5.41, 5.74) is 0.975. The van der Waals surface area contributed by atoms with E-state index in [0.29, 0.717) is 16.9 Å². The summed E-state index contributed by atoms with van der Waals surface area (Å²) < 4.78 is 18.4. The van der Waals surface area contributed by atoms with E-state index in [9.17, 15) is 9.50 Å². The number of aliphatic hydroxyl groups excluding tert-OH is 1. The van der Waals surface area contributed by atoms with Gasteiger partial charge in [0.05, 0.1) is 0 Å². The molecule has 0 aliphatic heterocycles. The number of aliphatic hydroxyl groups is 1. The van der Waals surface area contributed by atoms with Gasteiger partial charge in [0, 0.05) is 0 Å². The molecule has 1 N–H and O–H groups in total. The van der Waals surface area contributed by atoms with Gasteiger partial charge in [-0.05, 0) is 47.9 Å². The van der Waals surface area contributed by atoms with Crippen molar-refractivity contribution in [2.24, 2.45) is 0 Å². The van der Waals surface area contributed by atoms with E-state index >= 15 is 0 Å². The van der Waals surface area contributed by atoms with Crippen LogP contribution in [0.4, 0.5) is 4.39 Å². The second-order valence-corrected chi connectivity index (χ2v) is 3.93. The normalized spacial score (nSPS) is 12.8. The molecule has 0 amide bonds. The molecule has 0 saturated heterocycles. The lowest BCUT2D eigenvalue weighted by molar-refractivity contribution is 0.189. The quantitative estimate of drug-likeness (QED) is 0.872. The molecule has 1 aromatic carbocycles. The van der Waals surface area contributed by atoms with Crippen molar-refractivity contribution in [3.63, 3.8) is 0 Å². The van der Waals surface area contributed by atoms with Gasteiger partial charge in [-0.1, -0.05) is 12.1 Å². The smallest absolute Gasteiger partial charge is 0.193 e. The van der Waals surface area contributed by atoms with Crippen LogP contribution in [0.15, 0.2) is 34.7 Å². The van der Waals surface area contributed by atoms with Gasteiger partial charge < -0.3 is 9.52 Å². The van der Waals surface area contributed by atoms with Gasteiger partial charge in [0.15, 0.2) is 5.22 Å². The monoisotopic (exact) mass is 240 g/mol.